The van der Waals surface area contributed by atoms with E-state index in [4.69, 9.17) is 0 Å². The third-order valence-corrected chi connectivity index (χ3v) is 7.27. The Bertz CT molecular complexity index is 1240. The molecule has 6 nitrogen and oxygen atoms in total. The summed E-state index contributed by atoms with van der Waals surface area (Å²) in [6, 6.07) is 5.93. The average Bonchev–Trinajstić information content (AvgIpc) is 3.13. The zero-order chi connectivity index (χ0) is 22.2. The number of amides is 1. The number of hydrogen-bond acceptors (Lipinski definition) is 5. The van der Waals surface area contributed by atoms with Crippen LogP contribution in [0, 0.1) is 25.5 Å². The Balaban J connectivity index is 1.91. The van der Waals surface area contributed by atoms with E-state index in [1.165, 1.54) is 25.5 Å². The van der Waals surface area contributed by atoms with Gasteiger partial charge in [0.05, 0.1) is 10.6 Å². The van der Waals surface area contributed by atoms with Crippen molar-refractivity contribution < 1.29 is 22.0 Å². The quantitative estimate of drug-likeness (QED) is 0.630. The van der Waals surface area contributed by atoms with Crippen LogP contribution in [0.15, 0.2) is 40.6 Å². The van der Waals surface area contributed by atoms with Gasteiger partial charge in [0.25, 0.3) is 5.91 Å². The van der Waals surface area contributed by atoms with Gasteiger partial charge in [0, 0.05) is 30.6 Å². The molecule has 0 aliphatic rings. The Kier molecular flexibility index (Phi) is 6.02. The Hall–Kier alpha value is -2.69. The molecule has 0 spiro atoms. The summed E-state index contributed by atoms with van der Waals surface area (Å²) in [7, 11) is -0.904. The topological polar surface area (TPSA) is 79.4 Å². The molecule has 0 fully saturated rings. The van der Waals surface area contributed by atoms with E-state index in [1.54, 1.807) is 19.9 Å². The molecule has 10 heteroatoms. The number of thiazole rings is 1. The first-order valence-corrected chi connectivity index (χ1v) is 11.1. The Morgan fingerprint density at radius 3 is 2.50 bits per heavy atom. The van der Waals surface area contributed by atoms with Crippen LogP contribution in [0.3, 0.4) is 0 Å². The fraction of sp³-hybridized carbons (Fsp3) is 0.200. The van der Waals surface area contributed by atoms with Crippen molar-refractivity contribution in [3.8, 4) is 11.3 Å². The van der Waals surface area contributed by atoms with E-state index in [2.05, 4.69) is 10.3 Å². The molecule has 0 aliphatic heterocycles. The molecule has 0 saturated heterocycles. The highest BCUT2D eigenvalue weighted by atomic mass is 32.2. The maximum atomic E-state index is 13.9. The van der Waals surface area contributed by atoms with Crippen LogP contribution in [-0.4, -0.2) is 37.7 Å². The molecule has 2 aromatic carbocycles. The lowest BCUT2D eigenvalue weighted by Gasteiger charge is -2.16. The molecule has 1 amide bonds. The smallest absolute Gasteiger partial charge is 0.257 e. The maximum absolute atomic E-state index is 13.9. The van der Waals surface area contributed by atoms with Gasteiger partial charge >= 0.3 is 0 Å². The minimum Gasteiger partial charge on any atom is -0.298 e. The summed E-state index contributed by atoms with van der Waals surface area (Å²) in [5.41, 5.74) is 1.51. The molecule has 30 heavy (non-hydrogen) atoms. The van der Waals surface area contributed by atoms with Crippen LogP contribution in [0.2, 0.25) is 0 Å². The van der Waals surface area contributed by atoms with Crippen molar-refractivity contribution in [1.82, 2.24) is 9.29 Å². The summed E-state index contributed by atoms with van der Waals surface area (Å²) in [6.45, 7) is 3.39. The van der Waals surface area contributed by atoms with Crippen LogP contribution < -0.4 is 5.32 Å². The molecule has 0 aliphatic carbocycles. The van der Waals surface area contributed by atoms with Gasteiger partial charge in [-0.25, -0.2) is 26.5 Å². The summed E-state index contributed by atoms with van der Waals surface area (Å²) in [4.78, 5) is 16.9. The van der Waals surface area contributed by atoms with Gasteiger partial charge in [-0.3, -0.25) is 10.1 Å². The first-order chi connectivity index (χ1) is 14.0. The summed E-state index contributed by atoms with van der Waals surface area (Å²) >= 11 is 1.05. The van der Waals surface area contributed by atoms with Crippen molar-refractivity contribution in [3.63, 3.8) is 0 Å². The number of aryl methyl sites for hydroxylation is 1. The van der Waals surface area contributed by atoms with Crippen LogP contribution >= 0.6 is 11.3 Å². The van der Waals surface area contributed by atoms with Crippen molar-refractivity contribution in [2.24, 2.45) is 0 Å². The molecule has 0 unspecified atom stereocenters. The molecule has 0 saturated carbocycles. The van der Waals surface area contributed by atoms with E-state index in [-0.39, 0.29) is 26.8 Å². The van der Waals surface area contributed by atoms with Gasteiger partial charge in [-0.15, -0.1) is 11.3 Å². The van der Waals surface area contributed by atoms with Crippen molar-refractivity contribution in [2.45, 2.75) is 18.7 Å². The summed E-state index contributed by atoms with van der Waals surface area (Å²) in [5, 5.41) is 4.25. The molecular formula is C20H19F2N3O3S2. The standard InChI is InChI=1S/C20H19F2N3O3S2/c1-11-7-13(8-18(12(11)2)30(27,28)25(3)4)19(26)24-20-23-17(10-29-20)15-9-14(21)5-6-16(15)22/h5-10H,1-4H3,(H,23,24,26). The number of carbonyl (C=O) groups is 1. The van der Waals surface area contributed by atoms with E-state index >= 15 is 0 Å². The number of halogens is 2. The molecule has 3 aromatic rings. The average molecular weight is 452 g/mol. The molecule has 158 valence electrons. The van der Waals surface area contributed by atoms with Gasteiger partial charge in [0.15, 0.2) is 5.13 Å². The normalized spacial score (nSPS) is 11.7. The summed E-state index contributed by atoms with van der Waals surface area (Å²) < 4.78 is 53.6. The van der Waals surface area contributed by atoms with Crippen molar-refractivity contribution in [3.05, 3.63) is 64.0 Å². The molecule has 0 atom stereocenters. The van der Waals surface area contributed by atoms with Gasteiger partial charge in [-0.2, -0.15) is 0 Å². The SMILES string of the molecule is Cc1cc(C(=O)Nc2nc(-c3cc(F)ccc3F)cs2)cc(S(=O)(=O)N(C)C)c1C. The minimum atomic E-state index is -3.74. The Morgan fingerprint density at radius 1 is 1.13 bits per heavy atom. The van der Waals surface area contributed by atoms with Crippen LogP contribution in [0.5, 0.6) is 0 Å². The molecule has 3 rings (SSSR count). The monoisotopic (exact) mass is 451 g/mol. The number of carbonyl (C=O) groups excluding carboxylic acids is 1. The minimum absolute atomic E-state index is 0.0164. The van der Waals surface area contributed by atoms with E-state index in [0.29, 0.717) is 11.1 Å². The second-order valence-corrected chi connectivity index (χ2v) is 9.80. The van der Waals surface area contributed by atoms with Gasteiger partial charge in [0.2, 0.25) is 10.0 Å². The highest BCUT2D eigenvalue weighted by molar-refractivity contribution is 7.89. The molecule has 0 bridgehead atoms. The maximum Gasteiger partial charge on any atom is 0.257 e. The Labute approximate surface area is 177 Å². The van der Waals surface area contributed by atoms with Crippen molar-refractivity contribution in [2.75, 3.05) is 19.4 Å². The molecular weight excluding hydrogens is 432 g/mol. The zero-order valence-corrected chi connectivity index (χ0v) is 18.3. The van der Waals surface area contributed by atoms with E-state index in [1.807, 2.05) is 0 Å². The fourth-order valence-corrected chi connectivity index (χ4v) is 4.66. The van der Waals surface area contributed by atoms with Crippen molar-refractivity contribution >= 4 is 32.4 Å². The third kappa shape index (κ3) is 4.25. The van der Waals surface area contributed by atoms with Crippen molar-refractivity contribution in [1.29, 1.82) is 0 Å². The number of nitrogens with one attached hydrogen (secondary N) is 1. The Morgan fingerprint density at radius 2 is 1.83 bits per heavy atom. The number of nitrogens with zero attached hydrogens (tertiary/aromatic N) is 2. The van der Waals surface area contributed by atoms with Crippen LogP contribution in [0.4, 0.5) is 13.9 Å². The van der Waals surface area contributed by atoms with E-state index in [0.717, 1.165) is 33.8 Å². The molecule has 1 N–H and O–H groups in total. The van der Waals surface area contributed by atoms with E-state index < -0.39 is 27.6 Å². The van der Waals surface area contributed by atoms with Gasteiger partial charge in [-0.1, -0.05) is 0 Å². The second kappa shape index (κ2) is 8.21. The number of anilines is 1. The number of aromatic nitrogens is 1. The highest BCUT2D eigenvalue weighted by Crippen LogP contribution is 2.29. The second-order valence-electron chi connectivity index (χ2n) is 6.82. The number of rotatable bonds is 5. The van der Waals surface area contributed by atoms with Crippen LogP contribution in [0.1, 0.15) is 21.5 Å². The lowest BCUT2D eigenvalue weighted by atomic mass is 10.1. The summed E-state index contributed by atoms with van der Waals surface area (Å²) in [6.07, 6.45) is 0. The van der Waals surface area contributed by atoms with E-state index in [9.17, 15) is 22.0 Å². The first-order valence-electron chi connectivity index (χ1n) is 8.76. The number of sulfonamides is 1. The fourth-order valence-electron chi connectivity index (χ4n) is 2.74. The number of hydrogen-bond donors (Lipinski definition) is 1. The van der Waals surface area contributed by atoms with Crippen LogP contribution in [0.25, 0.3) is 11.3 Å². The zero-order valence-electron chi connectivity index (χ0n) is 16.7. The molecule has 0 radical (unpaired) electrons. The summed E-state index contributed by atoms with van der Waals surface area (Å²) in [5.74, 6) is -1.80. The molecule has 1 aromatic heterocycles. The van der Waals surface area contributed by atoms with Gasteiger partial charge < -0.3 is 0 Å². The highest BCUT2D eigenvalue weighted by Gasteiger charge is 2.23. The number of benzene rings is 2. The lowest BCUT2D eigenvalue weighted by molar-refractivity contribution is 0.102. The first kappa shape index (κ1) is 22.0. The third-order valence-electron chi connectivity index (χ3n) is 4.57. The van der Waals surface area contributed by atoms with Crippen LogP contribution in [-0.2, 0) is 10.0 Å². The predicted octanol–water partition coefficient (Wildman–Crippen LogP) is 4.21. The van der Waals surface area contributed by atoms with Gasteiger partial charge in [-0.05, 0) is 55.3 Å². The lowest BCUT2D eigenvalue weighted by Crippen LogP contribution is -2.24. The largest absolute Gasteiger partial charge is 0.298 e. The molecule has 1 heterocycles. The van der Waals surface area contributed by atoms with Gasteiger partial charge in [0.1, 0.15) is 11.6 Å². The predicted molar refractivity (Wildman–Crippen MR) is 112 cm³/mol.